The highest BCUT2D eigenvalue weighted by atomic mass is 16.7. The molecule has 102 valence electrons. The summed E-state index contributed by atoms with van der Waals surface area (Å²) in [6, 6.07) is 0. The van der Waals surface area contributed by atoms with Crippen molar-refractivity contribution in [2.75, 3.05) is 13.2 Å². The molecule has 0 aromatic rings. The first kappa shape index (κ1) is 13.8. The molecule has 2 rings (SSSR count). The van der Waals surface area contributed by atoms with Gasteiger partial charge in [0.05, 0.1) is 13.2 Å². The summed E-state index contributed by atoms with van der Waals surface area (Å²) >= 11 is 0. The lowest BCUT2D eigenvalue weighted by atomic mass is 9.68. The van der Waals surface area contributed by atoms with Gasteiger partial charge in [-0.15, -0.1) is 6.58 Å². The van der Waals surface area contributed by atoms with Crippen LogP contribution in [-0.2, 0) is 9.47 Å². The molecule has 1 atom stereocenters. The first-order valence-electron chi connectivity index (χ1n) is 6.73. The van der Waals surface area contributed by atoms with E-state index < -0.39 is 11.9 Å². The van der Waals surface area contributed by atoms with Gasteiger partial charge in [0.25, 0.3) is 0 Å². The van der Waals surface area contributed by atoms with E-state index in [-0.39, 0.29) is 5.41 Å². The number of aliphatic hydroxyl groups is 1. The van der Waals surface area contributed by atoms with E-state index in [2.05, 4.69) is 27.4 Å². The van der Waals surface area contributed by atoms with Gasteiger partial charge in [-0.25, -0.2) is 0 Å². The summed E-state index contributed by atoms with van der Waals surface area (Å²) in [5.41, 5.74) is 2.40. The molecule has 1 fully saturated rings. The zero-order chi connectivity index (χ0) is 13.4. The number of hydrogen-bond donors (Lipinski definition) is 1. The Hall–Kier alpha value is -0.640. The maximum absolute atomic E-state index is 10.3. The normalized spacial score (nSPS) is 28.2. The van der Waals surface area contributed by atoms with Gasteiger partial charge in [-0.1, -0.05) is 25.5 Å². The number of hydrogen-bond acceptors (Lipinski definition) is 3. The summed E-state index contributed by atoms with van der Waals surface area (Å²) in [6.07, 6.45) is 4.02. The molecule has 0 aromatic carbocycles. The molecule has 1 aliphatic carbocycles. The quantitative estimate of drug-likeness (QED) is 0.785. The minimum absolute atomic E-state index is 0.00331. The maximum atomic E-state index is 10.3. The SMILES string of the molecule is C=CC(O)C1(C2=C(C)CCCC2(C)C)OCCO1. The van der Waals surface area contributed by atoms with Gasteiger partial charge in [-0.2, -0.15) is 0 Å². The number of rotatable bonds is 3. The van der Waals surface area contributed by atoms with Crippen LogP contribution < -0.4 is 0 Å². The van der Waals surface area contributed by atoms with Crippen LogP contribution in [0.2, 0.25) is 0 Å². The van der Waals surface area contributed by atoms with Gasteiger partial charge in [0.1, 0.15) is 6.10 Å². The zero-order valence-corrected chi connectivity index (χ0v) is 11.7. The van der Waals surface area contributed by atoms with Crippen LogP contribution in [-0.4, -0.2) is 30.2 Å². The molecule has 1 N–H and O–H groups in total. The topological polar surface area (TPSA) is 38.7 Å². The Balaban J connectivity index is 2.50. The molecule has 1 unspecified atom stereocenters. The number of allylic oxidation sites excluding steroid dienone is 1. The van der Waals surface area contributed by atoms with E-state index in [0.717, 1.165) is 18.4 Å². The highest BCUT2D eigenvalue weighted by molar-refractivity contribution is 5.32. The molecular weight excluding hydrogens is 228 g/mol. The second kappa shape index (κ2) is 4.80. The van der Waals surface area contributed by atoms with Gasteiger partial charge in [0.2, 0.25) is 5.79 Å². The molecule has 0 radical (unpaired) electrons. The fraction of sp³-hybridized carbons (Fsp3) is 0.733. The predicted molar refractivity (Wildman–Crippen MR) is 71.2 cm³/mol. The van der Waals surface area contributed by atoms with Crippen molar-refractivity contribution in [2.24, 2.45) is 5.41 Å². The van der Waals surface area contributed by atoms with E-state index in [1.54, 1.807) is 0 Å². The molecule has 0 bridgehead atoms. The van der Waals surface area contributed by atoms with Crippen LogP contribution in [0.15, 0.2) is 23.8 Å². The summed E-state index contributed by atoms with van der Waals surface area (Å²) in [7, 11) is 0. The minimum Gasteiger partial charge on any atom is -0.383 e. The van der Waals surface area contributed by atoms with Crippen LogP contribution in [0.25, 0.3) is 0 Å². The Kier molecular flexibility index (Phi) is 3.67. The van der Waals surface area contributed by atoms with E-state index in [0.29, 0.717) is 13.2 Å². The fourth-order valence-electron chi connectivity index (χ4n) is 3.44. The summed E-state index contributed by atoms with van der Waals surface area (Å²) < 4.78 is 11.7. The summed E-state index contributed by atoms with van der Waals surface area (Å²) in [4.78, 5) is 0. The average molecular weight is 252 g/mol. The standard InChI is InChI=1S/C15H24O3/c1-5-12(16)15(17-9-10-18-15)13-11(2)7-6-8-14(13,3)4/h5,12,16H,1,6-10H2,2-4H3. The second-order valence-electron chi connectivity index (χ2n) is 5.94. The van der Waals surface area contributed by atoms with E-state index in [4.69, 9.17) is 9.47 Å². The van der Waals surface area contributed by atoms with Crippen LogP contribution in [0.3, 0.4) is 0 Å². The third-order valence-corrected chi connectivity index (χ3v) is 4.13. The largest absolute Gasteiger partial charge is 0.383 e. The number of aliphatic hydroxyl groups excluding tert-OH is 1. The summed E-state index contributed by atoms with van der Waals surface area (Å²) in [5.74, 6) is -1.00. The molecular formula is C15H24O3. The molecule has 3 heteroatoms. The molecule has 1 saturated heterocycles. The van der Waals surface area contributed by atoms with Crippen molar-refractivity contribution in [3.8, 4) is 0 Å². The van der Waals surface area contributed by atoms with E-state index in [1.807, 2.05) is 0 Å². The van der Waals surface area contributed by atoms with Crippen molar-refractivity contribution < 1.29 is 14.6 Å². The average Bonchev–Trinajstić information content (AvgIpc) is 2.77. The predicted octanol–water partition coefficient (Wildman–Crippen LogP) is 2.80. The Morgan fingerprint density at radius 2 is 1.94 bits per heavy atom. The lowest BCUT2D eigenvalue weighted by Gasteiger charge is -2.44. The Morgan fingerprint density at radius 3 is 2.44 bits per heavy atom. The van der Waals surface area contributed by atoms with Crippen LogP contribution in [0.1, 0.15) is 40.0 Å². The molecule has 2 aliphatic rings. The zero-order valence-electron chi connectivity index (χ0n) is 11.7. The lowest BCUT2D eigenvalue weighted by Crippen LogP contribution is -2.49. The molecule has 3 nitrogen and oxygen atoms in total. The van der Waals surface area contributed by atoms with Crippen molar-refractivity contribution >= 4 is 0 Å². The van der Waals surface area contributed by atoms with E-state index >= 15 is 0 Å². The fourth-order valence-corrected chi connectivity index (χ4v) is 3.44. The van der Waals surface area contributed by atoms with Crippen molar-refractivity contribution in [1.29, 1.82) is 0 Å². The van der Waals surface area contributed by atoms with Crippen LogP contribution >= 0.6 is 0 Å². The van der Waals surface area contributed by atoms with Gasteiger partial charge < -0.3 is 14.6 Å². The van der Waals surface area contributed by atoms with Gasteiger partial charge in [0.15, 0.2) is 0 Å². The third-order valence-electron chi connectivity index (χ3n) is 4.13. The lowest BCUT2D eigenvalue weighted by molar-refractivity contribution is -0.188. The highest BCUT2D eigenvalue weighted by Gasteiger charge is 2.52. The Bertz CT molecular complexity index is 362. The summed E-state index contributed by atoms with van der Waals surface area (Å²) in [5, 5.41) is 10.3. The monoisotopic (exact) mass is 252 g/mol. The Morgan fingerprint density at radius 1 is 1.33 bits per heavy atom. The van der Waals surface area contributed by atoms with Crippen LogP contribution in [0.4, 0.5) is 0 Å². The van der Waals surface area contributed by atoms with Crippen molar-refractivity contribution in [3.05, 3.63) is 23.8 Å². The van der Waals surface area contributed by atoms with Crippen molar-refractivity contribution in [3.63, 3.8) is 0 Å². The first-order chi connectivity index (χ1) is 8.44. The van der Waals surface area contributed by atoms with Gasteiger partial charge >= 0.3 is 0 Å². The molecule has 0 spiro atoms. The van der Waals surface area contributed by atoms with Gasteiger partial charge in [-0.3, -0.25) is 0 Å². The molecule has 1 heterocycles. The van der Waals surface area contributed by atoms with Crippen LogP contribution in [0.5, 0.6) is 0 Å². The van der Waals surface area contributed by atoms with E-state index in [1.165, 1.54) is 18.1 Å². The third kappa shape index (κ3) is 2.04. The van der Waals surface area contributed by atoms with Crippen molar-refractivity contribution in [1.82, 2.24) is 0 Å². The molecule has 0 aromatic heterocycles. The minimum atomic E-state index is -1.00. The molecule has 1 aliphatic heterocycles. The molecule has 0 amide bonds. The van der Waals surface area contributed by atoms with E-state index in [9.17, 15) is 5.11 Å². The smallest absolute Gasteiger partial charge is 0.222 e. The Labute approximate surface area is 109 Å². The van der Waals surface area contributed by atoms with Crippen molar-refractivity contribution in [2.45, 2.75) is 51.9 Å². The van der Waals surface area contributed by atoms with Gasteiger partial charge in [-0.05, 0) is 37.2 Å². The molecule has 0 saturated carbocycles. The number of ether oxygens (including phenoxy) is 2. The molecule has 18 heavy (non-hydrogen) atoms. The summed E-state index contributed by atoms with van der Waals surface area (Å²) in [6.45, 7) is 11.3. The highest BCUT2D eigenvalue weighted by Crippen LogP contribution is 2.49. The second-order valence-corrected chi connectivity index (χ2v) is 5.94. The maximum Gasteiger partial charge on any atom is 0.222 e. The van der Waals surface area contributed by atoms with Crippen LogP contribution in [0, 0.1) is 5.41 Å². The first-order valence-corrected chi connectivity index (χ1v) is 6.73. The van der Waals surface area contributed by atoms with Gasteiger partial charge in [0, 0.05) is 0 Å².